The first-order chi connectivity index (χ1) is 9.02. The van der Waals surface area contributed by atoms with Crippen molar-refractivity contribution in [1.82, 2.24) is 4.98 Å². The van der Waals surface area contributed by atoms with Gasteiger partial charge < -0.3 is 5.32 Å². The van der Waals surface area contributed by atoms with Crippen molar-refractivity contribution in [2.24, 2.45) is 0 Å². The number of nitriles is 1. The Morgan fingerprint density at radius 1 is 1.32 bits per heavy atom. The first-order valence-corrected chi connectivity index (χ1v) is 6.78. The minimum absolute atomic E-state index is 0.340. The van der Waals surface area contributed by atoms with Gasteiger partial charge in [-0.2, -0.15) is 5.26 Å². The van der Waals surface area contributed by atoms with Gasteiger partial charge in [0.2, 0.25) is 0 Å². The number of hydrogen-bond acceptors (Lipinski definition) is 3. The molecular formula is C14H11BrClN3. The Labute approximate surface area is 125 Å². The van der Waals surface area contributed by atoms with E-state index in [9.17, 15) is 0 Å². The van der Waals surface area contributed by atoms with Crippen LogP contribution in [0.2, 0.25) is 5.02 Å². The maximum Gasteiger partial charge on any atom is 0.150 e. The zero-order valence-corrected chi connectivity index (χ0v) is 12.8. The topological polar surface area (TPSA) is 48.7 Å². The SMILES string of the molecule is Cc1cc(Br)cc(C)c1Nc1nccc(C#N)c1Cl. The van der Waals surface area contributed by atoms with E-state index in [1.807, 2.05) is 32.0 Å². The molecule has 0 aliphatic heterocycles. The molecule has 0 bridgehead atoms. The molecule has 0 aliphatic rings. The Balaban J connectivity index is 2.46. The Morgan fingerprint density at radius 2 is 1.95 bits per heavy atom. The molecule has 19 heavy (non-hydrogen) atoms. The molecule has 1 aromatic heterocycles. The molecule has 0 spiro atoms. The van der Waals surface area contributed by atoms with Crippen molar-refractivity contribution in [2.75, 3.05) is 5.32 Å². The molecule has 1 heterocycles. The average Bonchev–Trinajstić information content (AvgIpc) is 2.35. The van der Waals surface area contributed by atoms with E-state index in [4.69, 9.17) is 16.9 Å². The van der Waals surface area contributed by atoms with Crippen LogP contribution in [0.15, 0.2) is 28.9 Å². The van der Waals surface area contributed by atoms with Crippen molar-refractivity contribution in [3.8, 4) is 6.07 Å². The lowest BCUT2D eigenvalue weighted by atomic mass is 10.1. The van der Waals surface area contributed by atoms with Gasteiger partial charge in [-0.05, 0) is 43.2 Å². The van der Waals surface area contributed by atoms with Gasteiger partial charge in [-0.1, -0.05) is 27.5 Å². The van der Waals surface area contributed by atoms with Gasteiger partial charge in [-0.3, -0.25) is 0 Å². The fourth-order valence-corrected chi connectivity index (χ4v) is 2.73. The molecule has 0 saturated heterocycles. The van der Waals surface area contributed by atoms with E-state index in [1.165, 1.54) is 0 Å². The highest BCUT2D eigenvalue weighted by Crippen LogP contribution is 2.31. The van der Waals surface area contributed by atoms with Crippen molar-refractivity contribution in [2.45, 2.75) is 13.8 Å². The van der Waals surface area contributed by atoms with Crippen molar-refractivity contribution in [1.29, 1.82) is 5.26 Å². The van der Waals surface area contributed by atoms with E-state index in [0.29, 0.717) is 16.4 Å². The average molecular weight is 337 g/mol. The predicted molar refractivity (Wildman–Crippen MR) is 80.9 cm³/mol. The van der Waals surface area contributed by atoms with Gasteiger partial charge in [0.05, 0.1) is 5.56 Å². The molecule has 0 unspecified atom stereocenters. The van der Waals surface area contributed by atoms with Crippen molar-refractivity contribution in [3.63, 3.8) is 0 Å². The fraction of sp³-hybridized carbons (Fsp3) is 0.143. The van der Waals surface area contributed by atoms with Gasteiger partial charge in [0.15, 0.2) is 5.82 Å². The summed E-state index contributed by atoms with van der Waals surface area (Å²) in [6.07, 6.45) is 1.57. The van der Waals surface area contributed by atoms with Gasteiger partial charge >= 0.3 is 0 Å². The molecule has 0 atom stereocenters. The second-order valence-corrected chi connectivity index (χ2v) is 5.47. The predicted octanol–water partition coefficient (Wildman–Crippen LogP) is 4.73. The monoisotopic (exact) mass is 335 g/mol. The lowest BCUT2D eigenvalue weighted by Crippen LogP contribution is -2.00. The minimum atomic E-state index is 0.340. The third kappa shape index (κ3) is 2.89. The molecule has 0 saturated carbocycles. The van der Waals surface area contributed by atoms with Crippen LogP contribution < -0.4 is 5.32 Å². The van der Waals surface area contributed by atoms with Gasteiger partial charge in [0.1, 0.15) is 11.1 Å². The van der Waals surface area contributed by atoms with Crippen molar-refractivity contribution >= 4 is 39.0 Å². The third-order valence-corrected chi connectivity index (χ3v) is 3.59. The Bertz CT molecular complexity index is 654. The van der Waals surface area contributed by atoms with Crippen molar-refractivity contribution < 1.29 is 0 Å². The van der Waals surface area contributed by atoms with Crippen LogP contribution in [0.5, 0.6) is 0 Å². The van der Waals surface area contributed by atoms with Crippen molar-refractivity contribution in [3.05, 3.63) is 50.6 Å². The maximum absolute atomic E-state index is 8.96. The van der Waals surface area contributed by atoms with Gasteiger partial charge in [-0.25, -0.2) is 4.98 Å². The van der Waals surface area contributed by atoms with Crippen LogP contribution in [0.25, 0.3) is 0 Å². The summed E-state index contributed by atoms with van der Waals surface area (Å²) in [5.41, 5.74) is 3.51. The molecule has 3 nitrogen and oxygen atoms in total. The summed E-state index contributed by atoms with van der Waals surface area (Å²) in [4.78, 5) is 4.18. The molecule has 0 radical (unpaired) electrons. The van der Waals surface area contributed by atoms with Crippen LogP contribution in [0.4, 0.5) is 11.5 Å². The summed E-state index contributed by atoms with van der Waals surface area (Å²) in [6.45, 7) is 4.00. The van der Waals surface area contributed by atoms with E-state index < -0.39 is 0 Å². The summed E-state index contributed by atoms with van der Waals surface area (Å²) in [7, 11) is 0. The lowest BCUT2D eigenvalue weighted by Gasteiger charge is -2.14. The normalized spacial score (nSPS) is 10.1. The summed E-state index contributed by atoms with van der Waals surface area (Å²) in [5.74, 6) is 0.495. The molecule has 1 N–H and O–H groups in total. The van der Waals surface area contributed by atoms with Crippen LogP contribution in [-0.4, -0.2) is 4.98 Å². The van der Waals surface area contributed by atoms with Crippen LogP contribution >= 0.6 is 27.5 Å². The van der Waals surface area contributed by atoms with E-state index >= 15 is 0 Å². The second-order valence-electron chi connectivity index (χ2n) is 4.17. The largest absolute Gasteiger partial charge is 0.339 e. The van der Waals surface area contributed by atoms with E-state index in [-0.39, 0.29) is 0 Å². The number of nitrogens with one attached hydrogen (secondary N) is 1. The number of rotatable bonds is 2. The number of aryl methyl sites for hydroxylation is 2. The summed E-state index contributed by atoms with van der Waals surface area (Å²) < 4.78 is 1.03. The molecule has 0 amide bonds. The van der Waals surface area contributed by atoms with Crippen LogP contribution in [0, 0.1) is 25.2 Å². The third-order valence-electron chi connectivity index (χ3n) is 2.75. The number of halogens is 2. The van der Waals surface area contributed by atoms with E-state index in [1.54, 1.807) is 12.3 Å². The van der Waals surface area contributed by atoms with Crippen LogP contribution in [-0.2, 0) is 0 Å². The second kappa shape index (κ2) is 5.60. The number of nitrogens with zero attached hydrogens (tertiary/aromatic N) is 2. The first-order valence-electron chi connectivity index (χ1n) is 5.61. The van der Waals surface area contributed by atoms with Gasteiger partial charge in [0.25, 0.3) is 0 Å². The molecular weight excluding hydrogens is 326 g/mol. The van der Waals surface area contributed by atoms with E-state index in [2.05, 4.69) is 26.2 Å². The molecule has 96 valence electrons. The summed E-state index contributed by atoms with van der Waals surface area (Å²) in [5, 5.41) is 12.5. The number of pyridine rings is 1. The molecule has 2 rings (SSSR count). The van der Waals surface area contributed by atoms with Gasteiger partial charge in [-0.15, -0.1) is 0 Å². The van der Waals surface area contributed by atoms with Crippen LogP contribution in [0.1, 0.15) is 16.7 Å². The first kappa shape index (κ1) is 13.9. The minimum Gasteiger partial charge on any atom is -0.339 e. The Hall–Kier alpha value is -1.57. The maximum atomic E-state index is 8.96. The number of aromatic nitrogens is 1. The highest BCUT2D eigenvalue weighted by molar-refractivity contribution is 9.10. The molecule has 5 heteroatoms. The molecule has 0 fully saturated rings. The fourth-order valence-electron chi connectivity index (χ4n) is 1.84. The Morgan fingerprint density at radius 3 is 2.53 bits per heavy atom. The van der Waals surface area contributed by atoms with Gasteiger partial charge in [0, 0.05) is 16.4 Å². The smallest absolute Gasteiger partial charge is 0.150 e. The van der Waals surface area contributed by atoms with Crippen LogP contribution in [0.3, 0.4) is 0 Å². The number of anilines is 2. The summed E-state index contributed by atoms with van der Waals surface area (Å²) >= 11 is 9.60. The zero-order valence-electron chi connectivity index (χ0n) is 10.5. The Kier molecular flexibility index (Phi) is 4.08. The number of benzene rings is 1. The standard InChI is InChI=1S/C14H11BrClN3/c1-8-5-11(15)6-9(2)13(8)19-14-12(16)10(7-17)3-4-18-14/h3-6H,1-2H3,(H,18,19). The number of hydrogen-bond donors (Lipinski definition) is 1. The summed E-state index contributed by atoms with van der Waals surface area (Å²) in [6, 6.07) is 7.65. The quantitative estimate of drug-likeness (QED) is 0.862. The molecule has 0 aliphatic carbocycles. The highest BCUT2D eigenvalue weighted by Gasteiger charge is 2.10. The highest BCUT2D eigenvalue weighted by atomic mass is 79.9. The lowest BCUT2D eigenvalue weighted by molar-refractivity contribution is 1.26. The van der Waals surface area contributed by atoms with E-state index in [0.717, 1.165) is 21.3 Å². The molecule has 1 aromatic carbocycles. The molecule has 2 aromatic rings. The zero-order chi connectivity index (χ0) is 14.0.